The smallest absolute Gasteiger partial charge is 0.292 e. The maximum atomic E-state index is 11.1. The summed E-state index contributed by atoms with van der Waals surface area (Å²) in [4.78, 5) is 13.2. The number of anilines is 1. The van der Waals surface area contributed by atoms with E-state index in [1.165, 1.54) is 19.3 Å². The Morgan fingerprint density at radius 2 is 2.00 bits per heavy atom. The van der Waals surface area contributed by atoms with Crippen molar-refractivity contribution in [2.75, 3.05) is 11.9 Å². The lowest BCUT2D eigenvalue weighted by molar-refractivity contribution is -0.384. The van der Waals surface area contributed by atoms with Gasteiger partial charge in [-0.05, 0) is 45.2 Å². The lowest BCUT2D eigenvalue weighted by Crippen LogP contribution is -2.42. The maximum Gasteiger partial charge on any atom is 0.292 e. The number of benzene rings is 1. The second-order valence-corrected chi connectivity index (χ2v) is 5.94. The highest BCUT2D eigenvalue weighted by Gasteiger charge is 2.25. The Labute approximate surface area is 126 Å². The van der Waals surface area contributed by atoms with Crippen molar-refractivity contribution < 1.29 is 4.92 Å². The Bertz CT molecular complexity index is 494. The van der Waals surface area contributed by atoms with Gasteiger partial charge in [-0.2, -0.15) is 0 Å². The second kappa shape index (κ2) is 6.89. The van der Waals surface area contributed by atoms with Crippen LogP contribution in [0.4, 0.5) is 11.4 Å². The molecule has 2 atom stereocenters. The molecule has 0 amide bonds. The van der Waals surface area contributed by atoms with Crippen molar-refractivity contribution in [1.82, 2.24) is 4.90 Å². The van der Waals surface area contributed by atoms with E-state index >= 15 is 0 Å². The van der Waals surface area contributed by atoms with E-state index in [0.717, 1.165) is 12.1 Å². The van der Waals surface area contributed by atoms with Crippen molar-refractivity contribution in [3.8, 4) is 0 Å². The molecule has 1 aromatic rings. The van der Waals surface area contributed by atoms with Crippen LogP contribution in [0, 0.1) is 10.1 Å². The average molecular weight is 291 g/mol. The molecule has 5 nitrogen and oxygen atoms in total. The number of nitrogens with zero attached hydrogens (tertiary/aromatic N) is 2. The van der Waals surface area contributed by atoms with E-state index in [4.69, 9.17) is 0 Å². The van der Waals surface area contributed by atoms with Gasteiger partial charge in [0, 0.05) is 31.2 Å². The van der Waals surface area contributed by atoms with Gasteiger partial charge in [-0.25, -0.2) is 0 Å². The molecule has 21 heavy (non-hydrogen) atoms. The van der Waals surface area contributed by atoms with E-state index < -0.39 is 0 Å². The van der Waals surface area contributed by atoms with Crippen molar-refractivity contribution in [2.24, 2.45) is 0 Å². The van der Waals surface area contributed by atoms with Crippen molar-refractivity contribution in [1.29, 1.82) is 0 Å². The highest BCUT2D eigenvalue weighted by molar-refractivity contribution is 5.62. The summed E-state index contributed by atoms with van der Waals surface area (Å²) in [6.45, 7) is 8.03. The predicted octanol–water partition coefficient (Wildman–Crippen LogP) is 3.79. The van der Waals surface area contributed by atoms with Crippen LogP contribution in [0.15, 0.2) is 18.2 Å². The first-order valence-corrected chi connectivity index (χ1v) is 7.79. The molecule has 116 valence electrons. The van der Waals surface area contributed by atoms with Crippen molar-refractivity contribution in [2.45, 2.75) is 58.7 Å². The third kappa shape index (κ3) is 3.73. The molecule has 0 radical (unpaired) electrons. The molecule has 1 fully saturated rings. The molecule has 0 bridgehead atoms. The molecule has 1 aliphatic heterocycles. The zero-order chi connectivity index (χ0) is 15.4. The minimum Gasteiger partial charge on any atom is -0.380 e. The lowest BCUT2D eigenvalue weighted by atomic mass is 9.96. The van der Waals surface area contributed by atoms with Crippen LogP contribution in [-0.2, 0) is 6.54 Å². The first-order valence-electron chi connectivity index (χ1n) is 7.79. The molecule has 0 unspecified atom stereocenters. The van der Waals surface area contributed by atoms with Crippen molar-refractivity contribution >= 4 is 11.4 Å². The highest BCUT2D eigenvalue weighted by Crippen LogP contribution is 2.29. The first-order chi connectivity index (χ1) is 10.0. The Morgan fingerprint density at radius 3 is 2.57 bits per heavy atom. The number of nitro benzene ring substituents is 1. The van der Waals surface area contributed by atoms with E-state index in [9.17, 15) is 10.1 Å². The summed E-state index contributed by atoms with van der Waals surface area (Å²) in [5.74, 6) is 0. The molecule has 2 rings (SSSR count). The van der Waals surface area contributed by atoms with E-state index in [2.05, 4.69) is 24.1 Å². The third-order valence-electron chi connectivity index (χ3n) is 4.37. The molecule has 0 aromatic heterocycles. The number of nitrogens with one attached hydrogen (secondary N) is 1. The fourth-order valence-corrected chi connectivity index (χ4v) is 3.17. The van der Waals surface area contributed by atoms with Gasteiger partial charge < -0.3 is 5.32 Å². The van der Waals surface area contributed by atoms with E-state index in [1.54, 1.807) is 6.07 Å². The number of hydrogen-bond donors (Lipinski definition) is 1. The van der Waals surface area contributed by atoms with Gasteiger partial charge >= 0.3 is 0 Å². The van der Waals surface area contributed by atoms with Gasteiger partial charge in [0.25, 0.3) is 5.69 Å². The van der Waals surface area contributed by atoms with Gasteiger partial charge in [-0.1, -0.05) is 12.5 Å². The van der Waals surface area contributed by atoms with Crippen LogP contribution in [-0.4, -0.2) is 28.5 Å². The Balaban J connectivity index is 2.20. The monoisotopic (exact) mass is 291 g/mol. The Kier molecular flexibility index (Phi) is 5.17. The van der Waals surface area contributed by atoms with E-state index in [0.29, 0.717) is 24.3 Å². The van der Waals surface area contributed by atoms with Crippen LogP contribution in [0.3, 0.4) is 0 Å². The summed E-state index contributed by atoms with van der Waals surface area (Å²) in [6.07, 6.45) is 3.76. The minimum atomic E-state index is -0.325. The SMILES string of the molecule is CCNc1cc(CN2[C@H](C)CCC[C@@H]2C)ccc1[N+](=O)[O-]. The normalized spacial score (nSPS) is 23.0. The third-order valence-corrected chi connectivity index (χ3v) is 4.37. The number of likely N-dealkylation sites (tertiary alicyclic amines) is 1. The second-order valence-electron chi connectivity index (χ2n) is 5.94. The van der Waals surface area contributed by atoms with Gasteiger partial charge in [0.2, 0.25) is 0 Å². The molecule has 0 aliphatic carbocycles. The van der Waals surface area contributed by atoms with Gasteiger partial charge in [0.15, 0.2) is 0 Å². The molecule has 0 spiro atoms. The Morgan fingerprint density at radius 1 is 1.33 bits per heavy atom. The summed E-state index contributed by atoms with van der Waals surface area (Å²) < 4.78 is 0. The molecule has 1 heterocycles. The van der Waals surface area contributed by atoms with Crippen LogP contribution in [0.5, 0.6) is 0 Å². The van der Waals surface area contributed by atoms with Crippen LogP contribution >= 0.6 is 0 Å². The van der Waals surface area contributed by atoms with Gasteiger partial charge in [-0.15, -0.1) is 0 Å². The molecule has 0 saturated carbocycles. The summed E-state index contributed by atoms with van der Waals surface area (Å²) in [7, 11) is 0. The zero-order valence-corrected chi connectivity index (χ0v) is 13.1. The summed E-state index contributed by atoms with van der Waals surface area (Å²) in [6, 6.07) is 6.58. The van der Waals surface area contributed by atoms with E-state index in [1.807, 2.05) is 19.1 Å². The highest BCUT2D eigenvalue weighted by atomic mass is 16.6. The van der Waals surface area contributed by atoms with Gasteiger partial charge in [0.1, 0.15) is 5.69 Å². The fourth-order valence-electron chi connectivity index (χ4n) is 3.17. The number of piperidine rings is 1. The molecule has 1 N–H and O–H groups in total. The maximum absolute atomic E-state index is 11.1. The van der Waals surface area contributed by atoms with Crippen LogP contribution < -0.4 is 5.32 Å². The number of rotatable bonds is 5. The summed E-state index contributed by atoms with van der Waals surface area (Å²) in [5, 5.41) is 14.2. The number of nitro groups is 1. The van der Waals surface area contributed by atoms with Crippen molar-refractivity contribution in [3.63, 3.8) is 0 Å². The molecule has 5 heteroatoms. The molecular weight excluding hydrogens is 266 g/mol. The molecule has 1 aromatic carbocycles. The molecule has 1 saturated heterocycles. The molecule has 1 aliphatic rings. The first kappa shape index (κ1) is 15.8. The summed E-state index contributed by atoms with van der Waals surface area (Å²) in [5.41, 5.74) is 1.91. The lowest BCUT2D eigenvalue weighted by Gasteiger charge is -2.39. The minimum absolute atomic E-state index is 0.153. The topological polar surface area (TPSA) is 58.4 Å². The quantitative estimate of drug-likeness (QED) is 0.662. The van der Waals surface area contributed by atoms with Crippen LogP contribution in [0.25, 0.3) is 0 Å². The van der Waals surface area contributed by atoms with Gasteiger partial charge in [-0.3, -0.25) is 15.0 Å². The fraction of sp³-hybridized carbons (Fsp3) is 0.625. The Hall–Kier alpha value is -1.62. The average Bonchev–Trinajstić information content (AvgIpc) is 2.43. The standard InChI is InChI=1S/C16H25N3O2/c1-4-17-15-10-14(8-9-16(15)19(20)21)11-18-12(2)6-5-7-13(18)3/h8-10,12-13,17H,4-7,11H2,1-3H3/t12-,13+. The van der Waals surface area contributed by atoms with Gasteiger partial charge in [0.05, 0.1) is 4.92 Å². The largest absolute Gasteiger partial charge is 0.380 e. The van der Waals surface area contributed by atoms with E-state index in [-0.39, 0.29) is 10.6 Å². The van der Waals surface area contributed by atoms with Crippen LogP contribution in [0.2, 0.25) is 0 Å². The molecular formula is C16H25N3O2. The zero-order valence-electron chi connectivity index (χ0n) is 13.1. The predicted molar refractivity (Wildman–Crippen MR) is 85.6 cm³/mol. The van der Waals surface area contributed by atoms with Crippen LogP contribution in [0.1, 0.15) is 45.6 Å². The van der Waals surface area contributed by atoms with Crippen molar-refractivity contribution in [3.05, 3.63) is 33.9 Å². The number of hydrogen-bond acceptors (Lipinski definition) is 4. The summed E-state index contributed by atoms with van der Waals surface area (Å²) >= 11 is 0.